The van der Waals surface area contributed by atoms with Gasteiger partial charge in [0.2, 0.25) is 0 Å². The zero-order chi connectivity index (χ0) is 16.2. The van der Waals surface area contributed by atoms with Crippen molar-refractivity contribution in [3.63, 3.8) is 0 Å². The smallest absolute Gasteiger partial charge is 0.317 e. The first-order chi connectivity index (χ1) is 11.1. The van der Waals surface area contributed by atoms with Crippen molar-refractivity contribution < 1.29 is 9.53 Å². The maximum absolute atomic E-state index is 12.3. The summed E-state index contributed by atoms with van der Waals surface area (Å²) in [6, 6.07) is 9.70. The number of carbonyl (C=O) groups excluding carboxylic acids is 1. The summed E-state index contributed by atoms with van der Waals surface area (Å²) in [4.78, 5) is 14.1. The number of nitrogens with one attached hydrogen (secondary N) is 1. The van der Waals surface area contributed by atoms with E-state index in [0.717, 1.165) is 5.69 Å². The van der Waals surface area contributed by atoms with E-state index in [1.165, 1.54) is 0 Å². The molecule has 0 spiro atoms. The average molecular weight is 315 g/mol. The van der Waals surface area contributed by atoms with Gasteiger partial charge in [-0.05, 0) is 26.0 Å². The number of para-hydroxylation sites is 1. The standard InChI is InChI=1S/C16H21N5O2/c1-12-9-20(10-13(2)23-12)16(22)17-8-15-19-18-11-21(15)14-6-4-3-5-7-14/h3-7,11-13H,8-10H2,1-2H3,(H,17,22). The molecule has 0 saturated carbocycles. The van der Waals surface area contributed by atoms with Gasteiger partial charge in [0.05, 0.1) is 18.8 Å². The molecule has 1 aromatic carbocycles. The van der Waals surface area contributed by atoms with Gasteiger partial charge in [-0.2, -0.15) is 0 Å². The molecular formula is C16H21N5O2. The summed E-state index contributed by atoms with van der Waals surface area (Å²) in [6.45, 7) is 5.47. The van der Waals surface area contributed by atoms with E-state index >= 15 is 0 Å². The van der Waals surface area contributed by atoms with E-state index in [0.29, 0.717) is 25.5 Å². The van der Waals surface area contributed by atoms with Gasteiger partial charge in [-0.1, -0.05) is 18.2 Å². The van der Waals surface area contributed by atoms with Crippen LogP contribution in [0.3, 0.4) is 0 Å². The summed E-state index contributed by atoms with van der Waals surface area (Å²) < 4.78 is 7.51. The number of amides is 2. The molecular weight excluding hydrogens is 294 g/mol. The summed E-state index contributed by atoms with van der Waals surface area (Å²) >= 11 is 0. The average Bonchev–Trinajstić information content (AvgIpc) is 3.01. The predicted octanol–water partition coefficient (Wildman–Crippen LogP) is 1.59. The fourth-order valence-corrected chi connectivity index (χ4v) is 2.79. The highest BCUT2D eigenvalue weighted by molar-refractivity contribution is 5.74. The maximum atomic E-state index is 12.3. The zero-order valence-corrected chi connectivity index (χ0v) is 13.3. The highest BCUT2D eigenvalue weighted by atomic mass is 16.5. The Kier molecular flexibility index (Phi) is 4.57. The molecule has 2 atom stereocenters. The Balaban J connectivity index is 1.63. The molecule has 2 amide bonds. The Morgan fingerprint density at radius 1 is 1.26 bits per heavy atom. The molecule has 2 heterocycles. The minimum Gasteiger partial charge on any atom is -0.372 e. The quantitative estimate of drug-likeness (QED) is 0.933. The van der Waals surface area contributed by atoms with Crippen LogP contribution in [-0.4, -0.2) is 51.0 Å². The van der Waals surface area contributed by atoms with Gasteiger partial charge in [-0.3, -0.25) is 4.57 Å². The lowest BCUT2D eigenvalue weighted by molar-refractivity contribution is -0.0545. The molecule has 122 valence electrons. The number of benzene rings is 1. The van der Waals surface area contributed by atoms with Gasteiger partial charge in [0.1, 0.15) is 6.33 Å². The van der Waals surface area contributed by atoms with Crippen LogP contribution < -0.4 is 5.32 Å². The van der Waals surface area contributed by atoms with Gasteiger partial charge in [-0.25, -0.2) is 4.79 Å². The fraction of sp³-hybridized carbons (Fsp3) is 0.438. The molecule has 2 unspecified atom stereocenters. The SMILES string of the molecule is CC1CN(C(=O)NCc2nncn2-c2ccccc2)CC(C)O1. The van der Waals surface area contributed by atoms with Crippen LogP contribution in [-0.2, 0) is 11.3 Å². The van der Waals surface area contributed by atoms with E-state index in [9.17, 15) is 4.79 Å². The lowest BCUT2D eigenvalue weighted by Gasteiger charge is -2.35. The molecule has 7 nitrogen and oxygen atoms in total. The predicted molar refractivity (Wildman–Crippen MR) is 85.2 cm³/mol. The Labute approximate surface area is 135 Å². The minimum absolute atomic E-state index is 0.0532. The Hall–Kier alpha value is -2.41. The highest BCUT2D eigenvalue weighted by Gasteiger charge is 2.25. The molecule has 0 bridgehead atoms. The van der Waals surface area contributed by atoms with Crippen LogP contribution in [0.25, 0.3) is 5.69 Å². The summed E-state index contributed by atoms with van der Waals surface area (Å²) in [5.74, 6) is 0.693. The lowest BCUT2D eigenvalue weighted by Crippen LogP contribution is -2.51. The first-order valence-corrected chi connectivity index (χ1v) is 7.76. The van der Waals surface area contributed by atoms with Gasteiger partial charge in [0.15, 0.2) is 5.82 Å². The lowest BCUT2D eigenvalue weighted by atomic mass is 10.2. The van der Waals surface area contributed by atoms with Crippen molar-refractivity contribution in [1.29, 1.82) is 0 Å². The zero-order valence-electron chi connectivity index (χ0n) is 13.3. The normalized spacial score (nSPS) is 21.2. The largest absolute Gasteiger partial charge is 0.372 e. The summed E-state index contributed by atoms with van der Waals surface area (Å²) in [6.07, 6.45) is 1.75. The second-order valence-electron chi connectivity index (χ2n) is 5.77. The monoisotopic (exact) mass is 315 g/mol. The number of hydrogen-bond donors (Lipinski definition) is 1. The van der Waals surface area contributed by atoms with Crippen molar-refractivity contribution in [2.45, 2.75) is 32.6 Å². The molecule has 0 radical (unpaired) electrons. The van der Waals surface area contributed by atoms with E-state index in [1.54, 1.807) is 11.2 Å². The number of carbonyl (C=O) groups is 1. The number of rotatable bonds is 3. The maximum Gasteiger partial charge on any atom is 0.317 e. The van der Waals surface area contributed by atoms with Crippen LogP contribution in [0.15, 0.2) is 36.7 Å². The van der Waals surface area contributed by atoms with E-state index in [2.05, 4.69) is 15.5 Å². The van der Waals surface area contributed by atoms with Crippen LogP contribution in [0.5, 0.6) is 0 Å². The van der Waals surface area contributed by atoms with Gasteiger partial charge in [0.25, 0.3) is 0 Å². The molecule has 1 fully saturated rings. The second kappa shape index (κ2) is 6.78. The molecule has 1 aromatic heterocycles. The van der Waals surface area contributed by atoms with E-state index < -0.39 is 0 Å². The number of aromatic nitrogens is 3. The molecule has 0 aliphatic carbocycles. The molecule has 1 N–H and O–H groups in total. The number of morpholine rings is 1. The molecule has 1 aliphatic rings. The number of urea groups is 1. The topological polar surface area (TPSA) is 72.3 Å². The number of ether oxygens (including phenoxy) is 1. The van der Waals surface area contributed by atoms with Crippen molar-refractivity contribution in [2.75, 3.05) is 13.1 Å². The first-order valence-electron chi connectivity index (χ1n) is 7.76. The minimum atomic E-state index is -0.102. The van der Waals surface area contributed by atoms with Crippen molar-refractivity contribution in [1.82, 2.24) is 25.0 Å². The van der Waals surface area contributed by atoms with Gasteiger partial charge in [0, 0.05) is 18.8 Å². The molecule has 3 rings (SSSR count). The summed E-state index contributed by atoms with van der Waals surface area (Å²) in [5, 5.41) is 10.9. The van der Waals surface area contributed by atoms with Crippen LogP contribution in [0.2, 0.25) is 0 Å². The number of hydrogen-bond acceptors (Lipinski definition) is 4. The van der Waals surface area contributed by atoms with Crippen LogP contribution in [0.1, 0.15) is 19.7 Å². The fourth-order valence-electron chi connectivity index (χ4n) is 2.79. The van der Waals surface area contributed by atoms with Crippen molar-refractivity contribution in [3.05, 3.63) is 42.5 Å². The molecule has 1 saturated heterocycles. The third kappa shape index (κ3) is 3.68. The first kappa shape index (κ1) is 15.5. The molecule has 7 heteroatoms. The van der Waals surface area contributed by atoms with Crippen molar-refractivity contribution >= 4 is 6.03 Å². The van der Waals surface area contributed by atoms with E-state index in [1.807, 2.05) is 48.7 Å². The van der Waals surface area contributed by atoms with Gasteiger partial charge < -0.3 is 15.0 Å². The van der Waals surface area contributed by atoms with Crippen LogP contribution >= 0.6 is 0 Å². The molecule has 23 heavy (non-hydrogen) atoms. The Morgan fingerprint density at radius 3 is 2.65 bits per heavy atom. The third-order valence-corrected chi connectivity index (χ3v) is 3.76. The Morgan fingerprint density at radius 2 is 1.96 bits per heavy atom. The molecule has 2 aromatic rings. The van der Waals surface area contributed by atoms with Crippen LogP contribution in [0.4, 0.5) is 4.79 Å². The summed E-state index contributed by atoms with van der Waals surface area (Å²) in [7, 11) is 0. The van der Waals surface area contributed by atoms with E-state index in [-0.39, 0.29) is 18.2 Å². The Bertz CT molecular complexity index is 648. The second-order valence-corrected chi connectivity index (χ2v) is 5.77. The third-order valence-electron chi connectivity index (χ3n) is 3.76. The van der Waals surface area contributed by atoms with Gasteiger partial charge >= 0.3 is 6.03 Å². The van der Waals surface area contributed by atoms with Gasteiger partial charge in [-0.15, -0.1) is 10.2 Å². The van der Waals surface area contributed by atoms with Crippen molar-refractivity contribution in [2.24, 2.45) is 0 Å². The van der Waals surface area contributed by atoms with Crippen molar-refractivity contribution in [3.8, 4) is 5.69 Å². The summed E-state index contributed by atoms with van der Waals surface area (Å²) in [5.41, 5.74) is 0.968. The van der Waals surface area contributed by atoms with Crippen LogP contribution in [0, 0.1) is 0 Å². The number of nitrogens with zero attached hydrogens (tertiary/aromatic N) is 4. The highest BCUT2D eigenvalue weighted by Crippen LogP contribution is 2.11. The van der Waals surface area contributed by atoms with E-state index in [4.69, 9.17) is 4.74 Å². The molecule has 1 aliphatic heterocycles.